The Labute approximate surface area is 117 Å². The van der Waals surface area contributed by atoms with Crippen LogP contribution >= 0.6 is 15.9 Å². The van der Waals surface area contributed by atoms with E-state index in [-0.39, 0.29) is 11.7 Å². The number of rotatable bonds is 7. The highest BCUT2D eigenvalue weighted by molar-refractivity contribution is 9.10. The number of hydrogen-bond donors (Lipinski definition) is 1. The zero-order valence-electron chi connectivity index (χ0n) is 10.9. The maximum atomic E-state index is 12.0. The van der Waals surface area contributed by atoms with Crippen LogP contribution < -0.4 is 10.5 Å². The maximum Gasteiger partial charge on any atom is 0.137 e. The molecular formula is C14H20BrNO2. The third-order valence-electron chi connectivity index (χ3n) is 3.06. The second-order valence-corrected chi connectivity index (χ2v) is 5.30. The summed E-state index contributed by atoms with van der Waals surface area (Å²) in [6, 6.07) is 5.70. The van der Waals surface area contributed by atoms with E-state index in [2.05, 4.69) is 22.9 Å². The maximum absolute atomic E-state index is 12.0. The Balaban J connectivity index is 2.71. The second-order valence-electron chi connectivity index (χ2n) is 4.39. The summed E-state index contributed by atoms with van der Waals surface area (Å²) < 4.78 is 6.22. The van der Waals surface area contributed by atoms with Crippen LogP contribution in [0.1, 0.15) is 25.3 Å². The van der Waals surface area contributed by atoms with Crippen molar-refractivity contribution in [3.05, 3.63) is 28.2 Å². The average molecular weight is 314 g/mol. The summed E-state index contributed by atoms with van der Waals surface area (Å²) in [4.78, 5) is 12.0. The largest absolute Gasteiger partial charge is 0.496 e. The molecule has 0 bridgehead atoms. The van der Waals surface area contributed by atoms with Gasteiger partial charge in [0.15, 0.2) is 0 Å². The minimum atomic E-state index is 0.212. The van der Waals surface area contributed by atoms with E-state index in [1.165, 1.54) is 0 Å². The third-order valence-corrected chi connectivity index (χ3v) is 3.55. The van der Waals surface area contributed by atoms with Crippen LogP contribution in [0.25, 0.3) is 0 Å². The Bertz CT molecular complexity index is 403. The zero-order valence-corrected chi connectivity index (χ0v) is 12.5. The van der Waals surface area contributed by atoms with Gasteiger partial charge in [-0.05, 0) is 30.7 Å². The van der Waals surface area contributed by atoms with Gasteiger partial charge in [-0.2, -0.15) is 0 Å². The summed E-state index contributed by atoms with van der Waals surface area (Å²) in [7, 11) is 1.62. The molecule has 1 rings (SSSR count). The van der Waals surface area contributed by atoms with Crippen molar-refractivity contribution in [1.29, 1.82) is 0 Å². The van der Waals surface area contributed by atoms with Crippen molar-refractivity contribution in [3.8, 4) is 5.75 Å². The first kappa shape index (κ1) is 15.2. The highest BCUT2D eigenvalue weighted by Gasteiger charge is 2.13. The molecule has 0 aliphatic rings. The smallest absolute Gasteiger partial charge is 0.137 e. The van der Waals surface area contributed by atoms with Gasteiger partial charge in [-0.3, -0.25) is 4.79 Å². The van der Waals surface area contributed by atoms with Gasteiger partial charge >= 0.3 is 0 Å². The fourth-order valence-corrected chi connectivity index (χ4v) is 2.29. The monoisotopic (exact) mass is 313 g/mol. The van der Waals surface area contributed by atoms with Crippen LogP contribution in [0.2, 0.25) is 0 Å². The van der Waals surface area contributed by atoms with E-state index in [1.54, 1.807) is 7.11 Å². The molecule has 1 atom stereocenters. The van der Waals surface area contributed by atoms with Crippen LogP contribution in [0.4, 0.5) is 0 Å². The lowest BCUT2D eigenvalue weighted by molar-refractivity contribution is -0.119. The highest BCUT2D eigenvalue weighted by atomic mass is 79.9. The van der Waals surface area contributed by atoms with Crippen molar-refractivity contribution in [2.75, 3.05) is 13.7 Å². The predicted octanol–water partition coefficient (Wildman–Crippen LogP) is 2.94. The summed E-state index contributed by atoms with van der Waals surface area (Å²) in [5.74, 6) is 1.26. The van der Waals surface area contributed by atoms with Gasteiger partial charge in [0.1, 0.15) is 11.5 Å². The van der Waals surface area contributed by atoms with E-state index in [1.807, 2.05) is 18.2 Å². The fraction of sp³-hybridized carbons (Fsp3) is 0.500. The number of ether oxygens (including phenoxy) is 1. The summed E-state index contributed by atoms with van der Waals surface area (Å²) in [5, 5.41) is 0. The summed E-state index contributed by atoms with van der Waals surface area (Å²) >= 11 is 3.41. The first-order valence-corrected chi connectivity index (χ1v) is 6.94. The lowest BCUT2D eigenvalue weighted by atomic mass is 9.96. The van der Waals surface area contributed by atoms with E-state index in [4.69, 9.17) is 10.5 Å². The zero-order chi connectivity index (χ0) is 13.5. The third kappa shape index (κ3) is 4.42. The standard InChI is InChI=1S/C14H20BrNO2/c1-3-10(9-16)6-13(17)8-11-7-12(15)4-5-14(11)18-2/h4-5,7,10H,3,6,8-9,16H2,1-2H3. The minimum absolute atomic E-state index is 0.212. The van der Waals surface area contributed by atoms with E-state index >= 15 is 0 Å². The number of halogens is 1. The molecule has 3 nitrogen and oxygen atoms in total. The number of carbonyl (C=O) groups excluding carboxylic acids is 1. The molecule has 0 saturated heterocycles. The molecule has 1 aromatic carbocycles. The molecule has 0 saturated carbocycles. The van der Waals surface area contributed by atoms with Crippen molar-refractivity contribution in [2.45, 2.75) is 26.2 Å². The van der Waals surface area contributed by atoms with Crippen LogP contribution in [0.5, 0.6) is 5.75 Å². The molecule has 0 radical (unpaired) electrons. The lowest BCUT2D eigenvalue weighted by Crippen LogP contribution is -2.18. The Morgan fingerprint density at radius 2 is 2.22 bits per heavy atom. The van der Waals surface area contributed by atoms with Gasteiger partial charge in [-0.15, -0.1) is 0 Å². The molecule has 2 N–H and O–H groups in total. The molecule has 0 amide bonds. The van der Waals surface area contributed by atoms with E-state index in [9.17, 15) is 4.79 Å². The average Bonchev–Trinajstić information content (AvgIpc) is 2.36. The van der Waals surface area contributed by atoms with Gasteiger partial charge in [0, 0.05) is 22.9 Å². The van der Waals surface area contributed by atoms with Crippen molar-refractivity contribution >= 4 is 21.7 Å². The van der Waals surface area contributed by atoms with Gasteiger partial charge < -0.3 is 10.5 Å². The molecule has 0 heterocycles. The van der Waals surface area contributed by atoms with Gasteiger partial charge in [-0.1, -0.05) is 29.3 Å². The van der Waals surface area contributed by atoms with Crippen molar-refractivity contribution in [3.63, 3.8) is 0 Å². The summed E-state index contributed by atoms with van der Waals surface area (Å²) in [6.45, 7) is 2.63. The number of benzene rings is 1. The minimum Gasteiger partial charge on any atom is -0.496 e. The summed E-state index contributed by atoms with van der Waals surface area (Å²) in [5.41, 5.74) is 6.54. The Hall–Kier alpha value is -0.870. The number of nitrogens with two attached hydrogens (primary N) is 1. The number of Topliss-reactive ketones (excluding diaryl/α,β-unsaturated/α-hetero) is 1. The number of ketones is 1. The van der Waals surface area contributed by atoms with Gasteiger partial charge in [0.2, 0.25) is 0 Å². The number of carbonyl (C=O) groups is 1. The topological polar surface area (TPSA) is 52.3 Å². The predicted molar refractivity (Wildman–Crippen MR) is 76.9 cm³/mol. The Morgan fingerprint density at radius 1 is 1.50 bits per heavy atom. The van der Waals surface area contributed by atoms with Crippen LogP contribution in [0, 0.1) is 5.92 Å². The molecule has 0 aliphatic carbocycles. The molecule has 0 aliphatic heterocycles. The first-order valence-electron chi connectivity index (χ1n) is 6.14. The Morgan fingerprint density at radius 3 is 2.78 bits per heavy atom. The second kappa shape index (κ2) is 7.54. The SMILES string of the molecule is CCC(CN)CC(=O)Cc1cc(Br)ccc1OC. The van der Waals surface area contributed by atoms with Crippen molar-refractivity contribution < 1.29 is 9.53 Å². The van der Waals surface area contributed by atoms with Crippen LogP contribution in [0.15, 0.2) is 22.7 Å². The molecule has 100 valence electrons. The highest BCUT2D eigenvalue weighted by Crippen LogP contribution is 2.24. The molecular weight excluding hydrogens is 294 g/mol. The lowest BCUT2D eigenvalue weighted by Gasteiger charge is -2.12. The normalized spacial score (nSPS) is 12.2. The van der Waals surface area contributed by atoms with Gasteiger partial charge in [0.05, 0.1) is 7.11 Å². The fourth-order valence-electron chi connectivity index (χ4n) is 1.89. The summed E-state index contributed by atoms with van der Waals surface area (Å²) in [6.07, 6.45) is 1.89. The van der Waals surface area contributed by atoms with Crippen LogP contribution in [-0.2, 0) is 11.2 Å². The number of hydrogen-bond acceptors (Lipinski definition) is 3. The van der Waals surface area contributed by atoms with E-state index in [0.717, 1.165) is 22.2 Å². The van der Waals surface area contributed by atoms with Crippen LogP contribution in [0.3, 0.4) is 0 Å². The van der Waals surface area contributed by atoms with E-state index in [0.29, 0.717) is 19.4 Å². The van der Waals surface area contributed by atoms with Crippen molar-refractivity contribution in [2.24, 2.45) is 11.7 Å². The molecule has 1 aromatic rings. The molecule has 1 unspecified atom stereocenters. The molecule has 18 heavy (non-hydrogen) atoms. The Kier molecular flexibility index (Phi) is 6.36. The number of methoxy groups -OCH3 is 1. The molecule has 4 heteroatoms. The first-order chi connectivity index (χ1) is 8.60. The van der Waals surface area contributed by atoms with E-state index < -0.39 is 0 Å². The van der Waals surface area contributed by atoms with Gasteiger partial charge in [-0.25, -0.2) is 0 Å². The van der Waals surface area contributed by atoms with Crippen molar-refractivity contribution in [1.82, 2.24) is 0 Å². The van der Waals surface area contributed by atoms with Gasteiger partial charge in [0.25, 0.3) is 0 Å². The molecule has 0 fully saturated rings. The molecule has 0 aromatic heterocycles. The van der Waals surface area contributed by atoms with Crippen LogP contribution in [-0.4, -0.2) is 19.4 Å². The quantitative estimate of drug-likeness (QED) is 0.842. The molecule has 0 spiro atoms.